The van der Waals surface area contributed by atoms with Crippen molar-refractivity contribution in [2.24, 2.45) is 0 Å². The minimum atomic E-state index is 0.361. The molecule has 5 fully saturated rings. The summed E-state index contributed by atoms with van der Waals surface area (Å²) in [7, 11) is 0. The molecule has 3 saturated carbocycles. The lowest BCUT2D eigenvalue weighted by atomic mass is 9.78. The molecule has 0 amide bonds. The number of anilines is 2. The Morgan fingerprint density at radius 3 is 1.86 bits per heavy atom. The molecule has 8 unspecified atom stereocenters. The Morgan fingerprint density at radius 1 is 0.583 bits per heavy atom. The Bertz CT molecular complexity index is 971. The third kappa shape index (κ3) is 4.07. The quantitative estimate of drug-likeness (QED) is 0.428. The third-order valence-electron chi connectivity index (χ3n) is 9.93. The first-order valence-corrected chi connectivity index (χ1v) is 15.6. The molecule has 0 bridgehead atoms. The molecule has 0 radical (unpaired) electrons. The minimum absolute atomic E-state index is 0.361. The third-order valence-corrected chi connectivity index (χ3v) is 11.7. The molecule has 0 N–H and O–H groups in total. The van der Waals surface area contributed by atoms with Gasteiger partial charge in [0.15, 0.2) is 0 Å². The van der Waals surface area contributed by atoms with Crippen molar-refractivity contribution in [1.29, 1.82) is 0 Å². The van der Waals surface area contributed by atoms with Gasteiger partial charge in [-0.25, -0.2) is 0 Å². The average molecular weight is 503 g/mol. The summed E-state index contributed by atoms with van der Waals surface area (Å²) in [5.41, 5.74) is 5.60. The van der Waals surface area contributed by atoms with Crippen molar-refractivity contribution in [2.75, 3.05) is 9.80 Å². The summed E-state index contributed by atoms with van der Waals surface area (Å²) in [6.07, 6.45) is 13.9. The summed E-state index contributed by atoms with van der Waals surface area (Å²) in [6, 6.07) is 21.1. The van der Waals surface area contributed by atoms with Gasteiger partial charge in [0.05, 0.1) is 24.3 Å². The number of aryl methyl sites for hydroxylation is 2. The molecule has 5 aliphatic rings. The fraction of sp³-hybridized carbons (Fsp3) is 0.625. The van der Waals surface area contributed by atoms with Crippen LogP contribution in [0.3, 0.4) is 0 Å². The van der Waals surface area contributed by atoms with Crippen molar-refractivity contribution in [2.45, 2.75) is 125 Å². The van der Waals surface area contributed by atoms with E-state index in [-0.39, 0.29) is 0 Å². The molecule has 0 spiro atoms. The molecular formula is C32H42N2OS. The molecule has 2 saturated heterocycles. The lowest BCUT2D eigenvalue weighted by Crippen LogP contribution is -2.69. The lowest BCUT2D eigenvalue weighted by molar-refractivity contribution is -0.0985. The maximum atomic E-state index is 7.04. The molecule has 192 valence electrons. The molecular weight excluding hydrogens is 460 g/mol. The predicted molar refractivity (Wildman–Crippen MR) is 152 cm³/mol. The first-order valence-electron chi connectivity index (χ1n) is 14.7. The van der Waals surface area contributed by atoms with Gasteiger partial charge in [-0.2, -0.15) is 11.8 Å². The number of thioether (sulfide) groups is 1. The van der Waals surface area contributed by atoms with Gasteiger partial charge in [-0.3, -0.25) is 0 Å². The van der Waals surface area contributed by atoms with E-state index < -0.39 is 0 Å². The van der Waals surface area contributed by atoms with Gasteiger partial charge >= 0.3 is 0 Å². The van der Waals surface area contributed by atoms with Crippen molar-refractivity contribution < 1.29 is 4.74 Å². The van der Waals surface area contributed by atoms with Gasteiger partial charge in [0, 0.05) is 34.0 Å². The van der Waals surface area contributed by atoms with E-state index in [2.05, 4.69) is 83.9 Å². The van der Waals surface area contributed by atoms with Crippen LogP contribution in [0.4, 0.5) is 11.4 Å². The summed E-state index contributed by atoms with van der Waals surface area (Å²) < 4.78 is 7.04. The van der Waals surface area contributed by atoms with Crippen LogP contribution in [0.2, 0.25) is 0 Å². The number of hydrogen-bond donors (Lipinski definition) is 0. The van der Waals surface area contributed by atoms with Crippen molar-refractivity contribution >= 4 is 23.1 Å². The van der Waals surface area contributed by atoms with E-state index in [4.69, 9.17) is 4.74 Å². The number of hydrogen-bond acceptors (Lipinski definition) is 4. The van der Waals surface area contributed by atoms with E-state index in [0.717, 1.165) is 5.25 Å². The average Bonchev–Trinajstić information content (AvgIpc) is 2.91. The summed E-state index contributed by atoms with van der Waals surface area (Å²) >= 11 is 2.34. The Balaban J connectivity index is 1.26. The van der Waals surface area contributed by atoms with Crippen molar-refractivity contribution in [1.82, 2.24) is 0 Å². The fourth-order valence-corrected chi connectivity index (χ4v) is 10.1. The van der Waals surface area contributed by atoms with Crippen molar-refractivity contribution in [3.63, 3.8) is 0 Å². The van der Waals surface area contributed by atoms with E-state index in [1.807, 2.05) is 0 Å². The van der Waals surface area contributed by atoms with Crippen LogP contribution < -0.4 is 9.80 Å². The smallest absolute Gasteiger partial charge is 0.0795 e. The summed E-state index contributed by atoms with van der Waals surface area (Å²) in [6.45, 7) is 4.42. The highest BCUT2D eigenvalue weighted by Crippen LogP contribution is 2.51. The molecule has 2 heterocycles. The number of rotatable bonds is 2. The normalized spacial score (nSPS) is 37.9. The van der Waals surface area contributed by atoms with Gasteiger partial charge in [-0.1, -0.05) is 61.1 Å². The Kier molecular flexibility index (Phi) is 6.25. The number of nitrogens with zero attached hydrogens (tertiary/aromatic N) is 2. The summed E-state index contributed by atoms with van der Waals surface area (Å²) in [4.78, 5) is 5.78. The monoisotopic (exact) mass is 502 g/mol. The molecule has 4 heteroatoms. The Labute approximate surface area is 222 Å². The van der Waals surface area contributed by atoms with Gasteiger partial charge in [0.1, 0.15) is 0 Å². The van der Waals surface area contributed by atoms with Crippen LogP contribution in [0.25, 0.3) is 0 Å². The topological polar surface area (TPSA) is 15.7 Å². The standard InChI is InChI=1S/C32H42N2OS/c1-21-11-15-23(16-12-21)33-25-7-3-5-9-29(25)35-30-20-32-28(19-27(30)33)34(24-17-13-22(2)14-18-24)26-8-4-6-10-31(26)36-32/h11-18,25-32H,3-10,19-20H2,1-2H3. The van der Waals surface area contributed by atoms with Crippen LogP contribution in [-0.2, 0) is 4.74 Å². The fourth-order valence-electron chi connectivity index (χ4n) is 8.22. The SMILES string of the molecule is Cc1ccc(N2C3CCCCC3OC3CC4SC5CCCCC5N(c5ccc(C)cc5)C4CC32)cc1. The molecule has 0 aromatic heterocycles. The molecule has 7 rings (SSSR count). The van der Waals surface area contributed by atoms with Gasteiger partial charge in [-0.05, 0) is 76.6 Å². The number of fused-ring (bicyclic) bond motifs is 4. The summed E-state index contributed by atoms with van der Waals surface area (Å²) in [5.74, 6) is 0. The molecule has 2 aliphatic heterocycles. The Morgan fingerprint density at radius 2 is 1.17 bits per heavy atom. The maximum absolute atomic E-state index is 7.04. The predicted octanol–water partition coefficient (Wildman–Crippen LogP) is 7.28. The van der Waals surface area contributed by atoms with E-state index in [1.165, 1.54) is 86.7 Å². The van der Waals surface area contributed by atoms with Crippen LogP contribution in [-0.4, -0.2) is 46.9 Å². The zero-order valence-corrected chi connectivity index (χ0v) is 22.8. The van der Waals surface area contributed by atoms with Gasteiger partial charge in [0.25, 0.3) is 0 Å². The van der Waals surface area contributed by atoms with Crippen LogP contribution >= 0.6 is 11.8 Å². The number of ether oxygens (including phenoxy) is 1. The summed E-state index contributed by atoms with van der Waals surface area (Å²) in [5, 5.41) is 1.45. The maximum Gasteiger partial charge on any atom is 0.0795 e. The van der Waals surface area contributed by atoms with Crippen LogP contribution in [0.1, 0.15) is 75.3 Å². The van der Waals surface area contributed by atoms with Crippen LogP contribution in [0.15, 0.2) is 48.5 Å². The zero-order chi connectivity index (χ0) is 24.2. The van der Waals surface area contributed by atoms with E-state index in [0.29, 0.717) is 41.6 Å². The minimum Gasteiger partial charge on any atom is -0.371 e. The van der Waals surface area contributed by atoms with Crippen LogP contribution in [0.5, 0.6) is 0 Å². The largest absolute Gasteiger partial charge is 0.371 e. The van der Waals surface area contributed by atoms with Gasteiger partial charge in [0.2, 0.25) is 0 Å². The zero-order valence-electron chi connectivity index (χ0n) is 22.0. The van der Waals surface area contributed by atoms with Gasteiger partial charge < -0.3 is 14.5 Å². The lowest BCUT2D eigenvalue weighted by Gasteiger charge is -2.61. The molecule has 3 aliphatic carbocycles. The van der Waals surface area contributed by atoms with Crippen LogP contribution in [0, 0.1) is 13.8 Å². The number of benzene rings is 2. The van der Waals surface area contributed by atoms with E-state index in [1.54, 1.807) is 0 Å². The van der Waals surface area contributed by atoms with Crippen molar-refractivity contribution in [3.8, 4) is 0 Å². The molecule has 2 aromatic carbocycles. The molecule has 36 heavy (non-hydrogen) atoms. The number of morpholine rings is 1. The first-order chi connectivity index (χ1) is 17.7. The van der Waals surface area contributed by atoms with Crippen molar-refractivity contribution in [3.05, 3.63) is 59.7 Å². The second-order valence-corrected chi connectivity index (χ2v) is 13.7. The first kappa shape index (κ1) is 23.5. The van der Waals surface area contributed by atoms with E-state index >= 15 is 0 Å². The highest BCUT2D eigenvalue weighted by Gasteiger charge is 2.54. The van der Waals surface area contributed by atoms with Gasteiger partial charge in [-0.15, -0.1) is 0 Å². The molecule has 2 aromatic rings. The molecule has 3 nitrogen and oxygen atoms in total. The second-order valence-electron chi connectivity index (χ2n) is 12.2. The second kappa shape index (κ2) is 9.58. The van der Waals surface area contributed by atoms with E-state index in [9.17, 15) is 0 Å². The highest BCUT2D eigenvalue weighted by molar-refractivity contribution is 8.00. The highest BCUT2D eigenvalue weighted by atomic mass is 32.2. The Hall–Kier alpha value is -1.65. The molecule has 8 atom stereocenters.